The Balaban J connectivity index is 1.58. The third-order valence-corrected chi connectivity index (χ3v) is 8.20. The Kier molecular flexibility index (Phi) is 5.47. The van der Waals surface area contributed by atoms with E-state index in [1.54, 1.807) is 6.07 Å². The van der Waals surface area contributed by atoms with E-state index in [-0.39, 0.29) is 17.1 Å². The van der Waals surface area contributed by atoms with Gasteiger partial charge < -0.3 is 9.08 Å². The minimum atomic E-state index is -4.02. The van der Waals surface area contributed by atoms with Gasteiger partial charge in [-0.25, -0.2) is 0 Å². The molecular formula is C23H32N2O4S. The number of nitrogens with zero attached hydrogens (tertiary/aromatic N) is 1. The van der Waals surface area contributed by atoms with Crippen LogP contribution >= 0.6 is 0 Å². The molecule has 4 rings (SSSR count). The number of benzene rings is 1. The number of likely N-dealkylation sites (N-methyl/N-ethyl adjacent to an activating group) is 1. The number of amides is 1. The van der Waals surface area contributed by atoms with E-state index in [2.05, 4.69) is 13.0 Å². The van der Waals surface area contributed by atoms with Gasteiger partial charge in [-0.3, -0.25) is 4.79 Å². The van der Waals surface area contributed by atoms with Gasteiger partial charge >= 0.3 is 10.3 Å². The van der Waals surface area contributed by atoms with Crippen molar-refractivity contribution in [3.63, 3.8) is 0 Å². The van der Waals surface area contributed by atoms with Crippen molar-refractivity contribution in [2.24, 2.45) is 22.4 Å². The van der Waals surface area contributed by atoms with Gasteiger partial charge in [-0.15, -0.1) is 0 Å². The molecule has 3 aliphatic rings. The van der Waals surface area contributed by atoms with Gasteiger partial charge in [0.15, 0.2) is 0 Å². The minimum absolute atomic E-state index is 0.0466. The number of carbonyl (C=O) groups excluding carboxylic acids is 1. The number of hydrogen-bond donors (Lipinski definition) is 1. The van der Waals surface area contributed by atoms with Crippen LogP contribution in [0.1, 0.15) is 63.5 Å². The van der Waals surface area contributed by atoms with Crippen LogP contribution in [0.2, 0.25) is 0 Å². The van der Waals surface area contributed by atoms with Crippen LogP contribution in [0, 0.1) is 17.3 Å². The molecule has 0 aliphatic heterocycles. The summed E-state index contributed by atoms with van der Waals surface area (Å²) >= 11 is 0. The van der Waals surface area contributed by atoms with Crippen molar-refractivity contribution in [2.45, 2.75) is 58.8 Å². The summed E-state index contributed by atoms with van der Waals surface area (Å²) in [6.45, 7) is 7.87. The molecule has 3 unspecified atom stereocenters. The lowest BCUT2D eigenvalue weighted by atomic mass is 9.54. The molecule has 7 heteroatoms. The third kappa shape index (κ3) is 3.56. The van der Waals surface area contributed by atoms with Crippen LogP contribution in [0.15, 0.2) is 29.8 Å². The van der Waals surface area contributed by atoms with Crippen molar-refractivity contribution in [2.75, 3.05) is 13.1 Å². The van der Waals surface area contributed by atoms with Crippen molar-refractivity contribution in [3.05, 3.63) is 41.0 Å². The van der Waals surface area contributed by atoms with Gasteiger partial charge in [-0.05, 0) is 87.0 Å². The minimum Gasteiger partial charge on any atom is -0.371 e. The van der Waals surface area contributed by atoms with E-state index >= 15 is 0 Å². The topological polar surface area (TPSA) is 89.7 Å². The molecule has 0 heterocycles. The first-order chi connectivity index (χ1) is 14.2. The highest BCUT2D eigenvalue weighted by Gasteiger charge is 2.53. The van der Waals surface area contributed by atoms with Gasteiger partial charge in [0.05, 0.1) is 0 Å². The lowest BCUT2D eigenvalue weighted by molar-refractivity contribution is -0.128. The summed E-state index contributed by atoms with van der Waals surface area (Å²) in [5, 5.41) is 5.01. The lowest BCUT2D eigenvalue weighted by Crippen LogP contribution is -2.44. The Morgan fingerprint density at radius 3 is 2.67 bits per heavy atom. The Bertz CT molecular complexity index is 983. The molecule has 6 nitrogen and oxygen atoms in total. The highest BCUT2D eigenvalue weighted by atomic mass is 32.2. The maximum Gasteiger partial charge on any atom is 0.380 e. The zero-order valence-electron chi connectivity index (χ0n) is 18.1. The van der Waals surface area contributed by atoms with Gasteiger partial charge in [-0.1, -0.05) is 19.1 Å². The second-order valence-electron chi connectivity index (χ2n) is 9.14. The normalized spacial score (nSPS) is 30.0. The fraction of sp³-hybridized carbons (Fsp3) is 0.609. The van der Waals surface area contributed by atoms with E-state index < -0.39 is 10.3 Å². The molecule has 164 valence electrons. The molecule has 1 saturated carbocycles. The van der Waals surface area contributed by atoms with E-state index in [1.165, 1.54) is 5.56 Å². The summed E-state index contributed by atoms with van der Waals surface area (Å²) in [6.07, 6.45) is 7.19. The van der Waals surface area contributed by atoms with Crippen LogP contribution in [0.4, 0.5) is 0 Å². The van der Waals surface area contributed by atoms with Crippen LogP contribution in [-0.2, 0) is 21.5 Å². The Morgan fingerprint density at radius 2 is 2.00 bits per heavy atom. The molecule has 2 N–H and O–H groups in total. The molecule has 4 atom stereocenters. The van der Waals surface area contributed by atoms with Crippen molar-refractivity contribution in [1.82, 2.24) is 4.90 Å². The zero-order valence-corrected chi connectivity index (χ0v) is 18.9. The smallest absolute Gasteiger partial charge is 0.371 e. The van der Waals surface area contributed by atoms with E-state index in [0.29, 0.717) is 17.8 Å². The van der Waals surface area contributed by atoms with Crippen LogP contribution in [0.25, 0.3) is 0 Å². The maximum absolute atomic E-state index is 13.2. The summed E-state index contributed by atoms with van der Waals surface area (Å²) in [5.41, 5.74) is 3.44. The zero-order chi connectivity index (χ0) is 21.7. The second-order valence-corrected chi connectivity index (χ2v) is 10.3. The Hall–Kier alpha value is -1.86. The third-order valence-electron chi connectivity index (χ3n) is 7.77. The average molecular weight is 433 g/mol. The van der Waals surface area contributed by atoms with Crippen molar-refractivity contribution >= 4 is 16.2 Å². The van der Waals surface area contributed by atoms with Gasteiger partial charge in [0.1, 0.15) is 5.75 Å². The predicted octanol–water partition coefficient (Wildman–Crippen LogP) is 3.53. The van der Waals surface area contributed by atoms with Crippen LogP contribution in [0.5, 0.6) is 5.75 Å². The number of fused-ring (bicyclic) bond motifs is 5. The van der Waals surface area contributed by atoms with Crippen LogP contribution in [0.3, 0.4) is 0 Å². The van der Waals surface area contributed by atoms with Crippen LogP contribution < -0.4 is 9.32 Å². The van der Waals surface area contributed by atoms with E-state index in [0.717, 1.165) is 56.3 Å². The SMILES string of the molecule is CCN(CC)C(=O)C1=CCC2C3CCc4cc(OS(N)(=O)=O)ccc4C3CC[C@]12C. The fourth-order valence-corrected chi connectivity index (χ4v) is 6.70. The van der Waals surface area contributed by atoms with Crippen LogP contribution in [-0.4, -0.2) is 32.3 Å². The number of aryl methyl sites for hydroxylation is 1. The van der Waals surface area contributed by atoms with E-state index in [1.807, 2.05) is 30.9 Å². The first-order valence-electron chi connectivity index (χ1n) is 11.0. The number of nitrogens with two attached hydrogens (primary N) is 1. The average Bonchev–Trinajstić information content (AvgIpc) is 3.04. The van der Waals surface area contributed by atoms with Crippen molar-refractivity contribution in [1.29, 1.82) is 0 Å². The summed E-state index contributed by atoms with van der Waals surface area (Å²) in [7, 11) is -4.02. The predicted molar refractivity (Wildman–Crippen MR) is 116 cm³/mol. The Morgan fingerprint density at radius 1 is 1.27 bits per heavy atom. The fourth-order valence-electron chi connectivity index (χ4n) is 6.32. The number of rotatable bonds is 5. The quantitative estimate of drug-likeness (QED) is 0.771. The number of carbonyl (C=O) groups is 1. The first kappa shape index (κ1) is 21.4. The summed E-state index contributed by atoms with van der Waals surface area (Å²) in [5.74, 6) is 1.97. The highest BCUT2D eigenvalue weighted by Crippen LogP contribution is 2.61. The maximum atomic E-state index is 13.2. The van der Waals surface area contributed by atoms with Gasteiger partial charge in [0, 0.05) is 24.1 Å². The molecule has 1 fully saturated rings. The molecule has 0 spiro atoms. The molecule has 30 heavy (non-hydrogen) atoms. The molecule has 0 saturated heterocycles. The standard InChI is InChI=1S/C23H32N2O4S/c1-4-25(5-2)22(26)21-11-10-20-19-8-6-15-14-16(29-30(24,27)28)7-9-17(15)18(19)12-13-23(20,21)3/h7,9,11,14,18-20H,4-6,8,10,12-13H2,1-3H3,(H2,24,27,28)/t18?,19?,20?,23-/m0/s1. The molecule has 1 aromatic rings. The molecule has 0 aromatic heterocycles. The highest BCUT2D eigenvalue weighted by molar-refractivity contribution is 7.84. The largest absolute Gasteiger partial charge is 0.380 e. The molecule has 0 radical (unpaired) electrons. The summed E-state index contributed by atoms with van der Waals surface area (Å²) in [6, 6.07) is 5.55. The van der Waals surface area contributed by atoms with E-state index in [4.69, 9.17) is 9.32 Å². The Labute approximate surface area is 179 Å². The van der Waals surface area contributed by atoms with Crippen molar-refractivity contribution in [3.8, 4) is 5.75 Å². The molecule has 1 amide bonds. The first-order valence-corrected chi connectivity index (χ1v) is 12.5. The number of allylic oxidation sites excluding steroid dienone is 1. The summed E-state index contributed by atoms with van der Waals surface area (Å²) in [4.78, 5) is 15.1. The van der Waals surface area contributed by atoms with Crippen molar-refractivity contribution < 1.29 is 17.4 Å². The molecule has 0 bridgehead atoms. The number of hydrogen-bond acceptors (Lipinski definition) is 4. The monoisotopic (exact) mass is 432 g/mol. The van der Waals surface area contributed by atoms with Gasteiger partial charge in [0.25, 0.3) is 0 Å². The van der Waals surface area contributed by atoms with Gasteiger partial charge in [0.2, 0.25) is 5.91 Å². The molecule has 3 aliphatic carbocycles. The van der Waals surface area contributed by atoms with Gasteiger partial charge in [-0.2, -0.15) is 13.6 Å². The second kappa shape index (κ2) is 7.68. The molecular weight excluding hydrogens is 400 g/mol. The van der Waals surface area contributed by atoms with E-state index in [9.17, 15) is 13.2 Å². The molecule has 1 aromatic carbocycles. The lowest BCUT2D eigenvalue weighted by Gasteiger charge is -2.50. The summed E-state index contributed by atoms with van der Waals surface area (Å²) < 4.78 is 27.4.